The quantitative estimate of drug-likeness (QED) is 0.712. The maximum absolute atomic E-state index is 11.8. The fourth-order valence-corrected chi connectivity index (χ4v) is 2.24. The molecule has 1 aliphatic carbocycles. The Hall–Kier alpha value is -1.01. The average molecular weight is 254 g/mol. The predicted octanol–water partition coefficient (Wildman–Crippen LogP) is 0.972. The van der Waals surface area contributed by atoms with Crippen LogP contribution in [0.1, 0.15) is 41.6 Å². The molecule has 94 valence electrons. The summed E-state index contributed by atoms with van der Waals surface area (Å²) in [6.45, 7) is 3.67. The van der Waals surface area contributed by atoms with E-state index in [2.05, 4.69) is 20.2 Å². The maximum atomic E-state index is 11.8. The van der Waals surface area contributed by atoms with Crippen molar-refractivity contribution in [3.8, 4) is 0 Å². The van der Waals surface area contributed by atoms with Crippen molar-refractivity contribution in [3.63, 3.8) is 0 Å². The zero-order valence-electron chi connectivity index (χ0n) is 10.0. The van der Waals surface area contributed by atoms with Gasteiger partial charge in [0, 0.05) is 12.6 Å². The summed E-state index contributed by atoms with van der Waals surface area (Å²) in [4.78, 5) is 12.4. The average Bonchev–Trinajstić information content (AvgIpc) is 3.03. The van der Waals surface area contributed by atoms with Crippen molar-refractivity contribution in [1.82, 2.24) is 20.2 Å². The second kappa shape index (κ2) is 6.07. The third kappa shape index (κ3) is 3.74. The first-order valence-electron chi connectivity index (χ1n) is 6.14. The van der Waals surface area contributed by atoms with Crippen LogP contribution in [-0.4, -0.2) is 34.6 Å². The lowest BCUT2D eigenvalue weighted by molar-refractivity contribution is 0.0956. The van der Waals surface area contributed by atoms with E-state index >= 15 is 0 Å². The summed E-state index contributed by atoms with van der Waals surface area (Å²) in [5.74, 6) is -0.0386. The van der Waals surface area contributed by atoms with Crippen molar-refractivity contribution in [2.24, 2.45) is 0 Å². The van der Waals surface area contributed by atoms with Crippen molar-refractivity contribution in [2.45, 2.75) is 38.6 Å². The standard InChI is InChI=1S/C11H18N4OS/c1-2-9-10(17-15-14-9)11(16)13-7-3-6-12-8-4-5-8/h8,12H,2-7H2,1H3,(H,13,16). The first kappa shape index (κ1) is 12.4. The molecule has 17 heavy (non-hydrogen) atoms. The molecule has 1 aromatic rings. The van der Waals surface area contributed by atoms with Crippen LogP contribution < -0.4 is 10.6 Å². The number of rotatable bonds is 7. The van der Waals surface area contributed by atoms with Crippen LogP contribution in [0.5, 0.6) is 0 Å². The molecule has 1 aromatic heterocycles. The van der Waals surface area contributed by atoms with Gasteiger partial charge in [-0.1, -0.05) is 11.4 Å². The van der Waals surface area contributed by atoms with E-state index in [-0.39, 0.29) is 5.91 Å². The summed E-state index contributed by atoms with van der Waals surface area (Å²) in [6, 6.07) is 0.739. The number of amides is 1. The minimum absolute atomic E-state index is 0.0386. The number of hydrogen-bond acceptors (Lipinski definition) is 5. The van der Waals surface area contributed by atoms with E-state index in [1.807, 2.05) is 6.92 Å². The lowest BCUT2D eigenvalue weighted by Crippen LogP contribution is -2.28. The van der Waals surface area contributed by atoms with Gasteiger partial charge in [-0.15, -0.1) is 5.10 Å². The number of aryl methyl sites for hydroxylation is 1. The second-order valence-corrected chi connectivity index (χ2v) is 4.99. The van der Waals surface area contributed by atoms with Crippen LogP contribution >= 0.6 is 11.5 Å². The summed E-state index contributed by atoms with van der Waals surface area (Å²) in [5, 5.41) is 10.2. The second-order valence-electron chi connectivity index (χ2n) is 4.24. The Morgan fingerprint density at radius 1 is 1.47 bits per heavy atom. The van der Waals surface area contributed by atoms with Gasteiger partial charge in [-0.05, 0) is 43.8 Å². The molecule has 0 spiro atoms. The number of carbonyl (C=O) groups excluding carboxylic acids is 1. The van der Waals surface area contributed by atoms with E-state index in [0.29, 0.717) is 11.4 Å². The third-order valence-corrected chi connectivity index (χ3v) is 3.51. The van der Waals surface area contributed by atoms with Gasteiger partial charge < -0.3 is 10.6 Å². The minimum Gasteiger partial charge on any atom is -0.351 e. The molecule has 6 heteroatoms. The molecule has 1 fully saturated rings. The predicted molar refractivity (Wildman–Crippen MR) is 67.3 cm³/mol. The van der Waals surface area contributed by atoms with Crippen LogP contribution in [0.2, 0.25) is 0 Å². The lowest BCUT2D eigenvalue weighted by atomic mass is 10.3. The Balaban J connectivity index is 1.65. The first-order chi connectivity index (χ1) is 8.31. The van der Waals surface area contributed by atoms with Crippen molar-refractivity contribution < 1.29 is 4.79 Å². The third-order valence-electron chi connectivity index (χ3n) is 2.75. The molecule has 0 aromatic carbocycles. The molecule has 0 bridgehead atoms. The molecule has 2 N–H and O–H groups in total. The van der Waals surface area contributed by atoms with Crippen molar-refractivity contribution in [2.75, 3.05) is 13.1 Å². The topological polar surface area (TPSA) is 66.9 Å². The van der Waals surface area contributed by atoms with Crippen LogP contribution in [0, 0.1) is 0 Å². The van der Waals surface area contributed by atoms with Gasteiger partial charge in [0.05, 0.1) is 5.69 Å². The van der Waals surface area contributed by atoms with E-state index in [9.17, 15) is 4.79 Å². The Labute approximate surface area is 105 Å². The molecule has 0 saturated heterocycles. The number of carbonyl (C=O) groups is 1. The van der Waals surface area contributed by atoms with E-state index in [1.165, 1.54) is 24.4 Å². The van der Waals surface area contributed by atoms with Gasteiger partial charge in [0.1, 0.15) is 4.88 Å². The lowest BCUT2D eigenvalue weighted by Gasteiger charge is -2.04. The highest BCUT2D eigenvalue weighted by Gasteiger charge is 2.19. The van der Waals surface area contributed by atoms with E-state index < -0.39 is 0 Å². The number of hydrogen-bond donors (Lipinski definition) is 2. The molecule has 2 rings (SSSR count). The molecule has 1 aliphatic rings. The molecule has 5 nitrogen and oxygen atoms in total. The van der Waals surface area contributed by atoms with Crippen molar-refractivity contribution in [1.29, 1.82) is 0 Å². The Kier molecular flexibility index (Phi) is 4.44. The van der Waals surface area contributed by atoms with Gasteiger partial charge in [-0.25, -0.2) is 0 Å². The summed E-state index contributed by atoms with van der Waals surface area (Å²) < 4.78 is 3.81. The Morgan fingerprint density at radius 2 is 2.29 bits per heavy atom. The fourth-order valence-electron chi connectivity index (χ4n) is 1.58. The summed E-state index contributed by atoms with van der Waals surface area (Å²) in [5.41, 5.74) is 0.795. The molecular weight excluding hydrogens is 236 g/mol. The van der Waals surface area contributed by atoms with Gasteiger partial charge in [-0.3, -0.25) is 4.79 Å². The van der Waals surface area contributed by atoms with Crippen LogP contribution in [0.4, 0.5) is 0 Å². The largest absolute Gasteiger partial charge is 0.351 e. The molecule has 0 unspecified atom stereocenters. The van der Waals surface area contributed by atoms with Crippen LogP contribution in [0.15, 0.2) is 0 Å². The molecule has 0 radical (unpaired) electrons. The first-order valence-corrected chi connectivity index (χ1v) is 6.91. The highest BCUT2D eigenvalue weighted by molar-refractivity contribution is 7.08. The van der Waals surface area contributed by atoms with Gasteiger partial charge in [-0.2, -0.15) is 0 Å². The smallest absolute Gasteiger partial charge is 0.264 e. The van der Waals surface area contributed by atoms with Gasteiger partial charge >= 0.3 is 0 Å². The highest BCUT2D eigenvalue weighted by atomic mass is 32.1. The van der Waals surface area contributed by atoms with Crippen LogP contribution in [0.25, 0.3) is 0 Å². The molecule has 1 heterocycles. The van der Waals surface area contributed by atoms with E-state index in [0.717, 1.165) is 31.1 Å². The van der Waals surface area contributed by atoms with E-state index in [4.69, 9.17) is 0 Å². The molecule has 0 atom stereocenters. The highest BCUT2D eigenvalue weighted by Crippen LogP contribution is 2.18. The van der Waals surface area contributed by atoms with E-state index in [1.54, 1.807) is 0 Å². The SMILES string of the molecule is CCc1nnsc1C(=O)NCCCNC1CC1. The molecule has 1 amide bonds. The van der Waals surface area contributed by atoms with Gasteiger partial charge in [0.25, 0.3) is 5.91 Å². The minimum atomic E-state index is -0.0386. The maximum Gasteiger partial charge on any atom is 0.264 e. The molecule has 1 saturated carbocycles. The zero-order chi connectivity index (χ0) is 12.1. The molecular formula is C11H18N4OS. The Bertz CT molecular complexity index is 375. The van der Waals surface area contributed by atoms with Gasteiger partial charge in [0.2, 0.25) is 0 Å². The summed E-state index contributed by atoms with van der Waals surface area (Å²) in [7, 11) is 0. The number of nitrogens with zero attached hydrogens (tertiary/aromatic N) is 2. The van der Waals surface area contributed by atoms with Crippen molar-refractivity contribution >= 4 is 17.4 Å². The Morgan fingerprint density at radius 3 is 3.00 bits per heavy atom. The van der Waals surface area contributed by atoms with Gasteiger partial charge in [0.15, 0.2) is 0 Å². The fraction of sp³-hybridized carbons (Fsp3) is 0.727. The van der Waals surface area contributed by atoms with Crippen LogP contribution in [0.3, 0.4) is 0 Å². The monoisotopic (exact) mass is 254 g/mol. The molecule has 0 aliphatic heterocycles. The number of aromatic nitrogens is 2. The normalized spacial score (nSPS) is 14.9. The number of nitrogens with one attached hydrogen (secondary N) is 2. The summed E-state index contributed by atoms with van der Waals surface area (Å²) >= 11 is 1.17. The zero-order valence-corrected chi connectivity index (χ0v) is 10.8. The summed E-state index contributed by atoms with van der Waals surface area (Å²) in [6.07, 6.45) is 4.33. The van der Waals surface area contributed by atoms with Crippen LogP contribution in [-0.2, 0) is 6.42 Å². The van der Waals surface area contributed by atoms with Crippen molar-refractivity contribution in [3.05, 3.63) is 10.6 Å².